The van der Waals surface area contributed by atoms with E-state index in [1.165, 1.54) is 0 Å². The Morgan fingerprint density at radius 2 is 1.90 bits per heavy atom. The highest BCUT2D eigenvalue weighted by Gasteiger charge is 2.18. The van der Waals surface area contributed by atoms with Crippen molar-refractivity contribution in [2.24, 2.45) is 5.18 Å². The summed E-state index contributed by atoms with van der Waals surface area (Å²) in [5, 5.41) is 3.29. The number of thioether (sulfide) groups is 1. The highest BCUT2D eigenvalue weighted by molar-refractivity contribution is 7.99. The third-order valence-electron chi connectivity index (χ3n) is 2.89. The van der Waals surface area contributed by atoms with E-state index in [9.17, 15) is 4.91 Å². The zero-order valence-corrected chi connectivity index (χ0v) is 12.1. The maximum Gasteiger partial charge on any atom is 0.177 e. The van der Waals surface area contributed by atoms with E-state index < -0.39 is 0 Å². The van der Waals surface area contributed by atoms with Gasteiger partial charge in [0.2, 0.25) is 0 Å². The van der Waals surface area contributed by atoms with Crippen LogP contribution in [-0.4, -0.2) is 31.0 Å². The molecule has 1 saturated heterocycles. The molecule has 0 amide bonds. The first kappa shape index (κ1) is 15.0. The molecular formula is C15H17NO3S. The Labute approximate surface area is 122 Å². The van der Waals surface area contributed by atoms with Crippen LogP contribution in [0, 0.1) is 4.91 Å². The molecule has 0 aromatic heterocycles. The van der Waals surface area contributed by atoms with Gasteiger partial charge in [0.1, 0.15) is 5.69 Å². The molecule has 0 radical (unpaired) electrons. The molecule has 106 valence electrons. The van der Waals surface area contributed by atoms with Crippen LogP contribution in [0.25, 0.3) is 6.08 Å². The van der Waals surface area contributed by atoms with E-state index in [1.807, 2.05) is 36.4 Å². The number of benzene rings is 1. The van der Waals surface area contributed by atoms with Gasteiger partial charge >= 0.3 is 0 Å². The summed E-state index contributed by atoms with van der Waals surface area (Å²) in [7, 11) is 0. The average Bonchev–Trinajstić information content (AvgIpc) is 2.53. The van der Waals surface area contributed by atoms with Crippen LogP contribution in [0.1, 0.15) is 5.56 Å². The third-order valence-corrected chi connectivity index (χ3v) is 3.83. The van der Waals surface area contributed by atoms with E-state index in [0.29, 0.717) is 10.9 Å². The van der Waals surface area contributed by atoms with Crippen molar-refractivity contribution in [2.75, 3.05) is 19.5 Å². The first-order valence-electron chi connectivity index (χ1n) is 6.36. The average molecular weight is 291 g/mol. The largest absolute Gasteiger partial charge is 0.348 e. The number of ether oxygens (including phenoxy) is 2. The molecule has 0 saturated carbocycles. The summed E-state index contributed by atoms with van der Waals surface area (Å²) in [6.45, 7) is 1.44. The van der Waals surface area contributed by atoms with Crippen molar-refractivity contribution in [3.63, 3.8) is 0 Å². The lowest BCUT2D eigenvalue weighted by Crippen LogP contribution is -2.32. The number of nitrogens with zero attached hydrogens (tertiary/aromatic N) is 1. The van der Waals surface area contributed by atoms with E-state index in [1.54, 1.807) is 23.9 Å². The van der Waals surface area contributed by atoms with Crippen molar-refractivity contribution in [1.29, 1.82) is 0 Å². The van der Waals surface area contributed by atoms with Gasteiger partial charge < -0.3 is 9.47 Å². The molecule has 1 aromatic rings. The Morgan fingerprint density at radius 3 is 2.50 bits per heavy atom. The van der Waals surface area contributed by atoms with Gasteiger partial charge in [-0.25, -0.2) is 0 Å². The SMILES string of the molecule is CSC1COC(/C=C/C=C/c2ccc(N=O)cc2)OC1. The fourth-order valence-corrected chi connectivity index (χ4v) is 2.14. The van der Waals surface area contributed by atoms with Crippen molar-refractivity contribution >= 4 is 23.5 Å². The molecule has 2 rings (SSSR count). The number of hydrogen-bond donors (Lipinski definition) is 0. The monoisotopic (exact) mass is 291 g/mol. The van der Waals surface area contributed by atoms with Gasteiger partial charge in [-0.05, 0) is 35.2 Å². The van der Waals surface area contributed by atoms with Crippen LogP contribution in [0.4, 0.5) is 5.69 Å². The number of hydrogen-bond acceptors (Lipinski definition) is 5. The van der Waals surface area contributed by atoms with Crippen LogP contribution in [0.15, 0.2) is 47.7 Å². The van der Waals surface area contributed by atoms with E-state index in [0.717, 1.165) is 18.8 Å². The minimum absolute atomic E-state index is 0.260. The first-order valence-corrected chi connectivity index (χ1v) is 7.65. The molecule has 0 spiro atoms. The highest BCUT2D eigenvalue weighted by atomic mass is 32.2. The molecule has 4 nitrogen and oxygen atoms in total. The number of allylic oxidation sites excluding steroid dienone is 2. The number of rotatable bonds is 5. The molecule has 0 N–H and O–H groups in total. The van der Waals surface area contributed by atoms with Crippen LogP contribution < -0.4 is 0 Å². The van der Waals surface area contributed by atoms with E-state index in [-0.39, 0.29) is 6.29 Å². The molecule has 5 heteroatoms. The van der Waals surface area contributed by atoms with Gasteiger partial charge in [-0.2, -0.15) is 11.8 Å². The van der Waals surface area contributed by atoms with Crippen molar-refractivity contribution in [1.82, 2.24) is 0 Å². The van der Waals surface area contributed by atoms with Crippen LogP contribution in [0.5, 0.6) is 0 Å². The lowest BCUT2D eigenvalue weighted by molar-refractivity contribution is -0.146. The molecule has 1 heterocycles. The zero-order valence-electron chi connectivity index (χ0n) is 11.3. The highest BCUT2D eigenvalue weighted by Crippen LogP contribution is 2.16. The molecule has 1 aliphatic heterocycles. The zero-order chi connectivity index (χ0) is 14.2. The Bertz CT molecular complexity index is 476. The van der Waals surface area contributed by atoms with E-state index in [2.05, 4.69) is 11.4 Å². The molecule has 0 aliphatic carbocycles. The van der Waals surface area contributed by atoms with Crippen LogP contribution in [0.3, 0.4) is 0 Å². The van der Waals surface area contributed by atoms with Gasteiger partial charge in [0, 0.05) is 0 Å². The predicted molar refractivity (Wildman–Crippen MR) is 83.1 cm³/mol. The fraction of sp³-hybridized carbons (Fsp3) is 0.333. The Kier molecular flexibility index (Phi) is 5.98. The van der Waals surface area contributed by atoms with Gasteiger partial charge in [0.25, 0.3) is 0 Å². The quantitative estimate of drug-likeness (QED) is 0.612. The second kappa shape index (κ2) is 7.99. The summed E-state index contributed by atoms with van der Waals surface area (Å²) in [6, 6.07) is 7.06. The van der Waals surface area contributed by atoms with Gasteiger partial charge in [-0.1, -0.05) is 30.4 Å². The van der Waals surface area contributed by atoms with Gasteiger partial charge in [0.15, 0.2) is 6.29 Å². The molecule has 0 atom stereocenters. The summed E-state index contributed by atoms with van der Waals surface area (Å²) in [5.41, 5.74) is 1.44. The van der Waals surface area contributed by atoms with E-state index >= 15 is 0 Å². The second-order valence-electron chi connectivity index (χ2n) is 4.32. The lowest BCUT2D eigenvalue weighted by Gasteiger charge is -2.26. The number of nitroso groups, excluding NO2 is 1. The predicted octanol–water partition coefficient (Wildman–Crippen LogP) is 3.76. The van der Waals surface area contributed by atoms with Gasteiger partial charge in [0.05, 0.1) is 18.5 Å². The van der Waals surface area contributed by atoms with Gasteiger partial charge in [-0.3, -0.25) is 0 Å². The van der Waals surface area contributed by atoms with Crippen molar-refractivity contribution in [3.8, 4) is 0 Å². The minimum atomic E-state index is -0.260. The molecule has 20 heavy (non-hydrogen) atoms. The smallest absolute Gasteiger partial charge is 0.177 e. The van der Waals surface area contributed by atoms with Crippen molar-refractivity contribution < 1.29 is 9.47 Å². The Balaban J connectivity index is 1.80. The Morgan fingerprint density at radius 1 is 1.20 bits per heavy atom. The maximum absolute atomic E-state index is 10.3. The fourth-order valence-electron chi connectivity index (χ4n) is 1.72. The van der Waals surface area contributed by atoms with Crippen molar-refractivity contribution in [3.05, 3.63) is 53.0 Å². The minimum Gasteiger partial charge on any atom is -0.348 e. The normalized spacial score (nSPS) is 23.4. The lowest BCUT2D eigenvalue weighted by atomic mass is 10.2. The summed E-state index contributed by atoms with van der Waals surface area (Å²) in [6.07, 6.45) is 9.44. The summed E-state index contributed by atoms with van der Waals surface area (Å²) in [4.78, 5) is 10.3. The first-order chi connectivity index (χ1) is 9.81. The molecule has 1 fully saturated rings. The summed E-state index contributed by atoms with van der Waals surface area (Å²) >= 11 is 1.76. The standard InChI is InChI=1S/C15H17NO3S/c1-20-14-10-18-15(19-11-14)5-3-2-4-12-6-8-13(16-17)9-7-12/h2-9,14-15H,10-11H2,1H3/b4-2+,5-3+. The Hall–Kier alpha value is -1.43. The molecular weight excluding hydrogens is 274 g/mol. The maximum atomic E-state index is 10.3. The van der Waals surface area contributed by atoms with E-state index in [4.69, 9.17) is 9.47 Å². The molecule has 1 aromatic carbocycles. The topological polar surface area (TPSA) is 47.9 Å². The summed E-state index contributed by atoms with van der Waals surface area (Å²) < 4.78 is 11.1. The van der Waals surface area contributed by atoms with Gasteiger partial charge in [-0.15, -0.1) is 4.91 Å². The van der Waals surface area contributed by atoms with Crippen LogP contribution >= 0.6 is 11.8 Å². The second-order valence-corrected chi connectivity index (χ2v) is 5.46. The van der Waals surface area contributed by atoms with Crippen LogP contribution in [0.2, 0.25) is 0 Å². The van der Waals surface area contributed by atoms with Crippen LogP contribution in [-0.2, 0) is 9.47 Å². The molecule has 1 aliphatic rings. The molecule has 0 bridgehead atoms. The molecule has 0 unspecified atom stereocenters. The summed E-state index contributed by atoms with van der Waals surface area (Å²) in [5.74, 6) is 0. The van der Waals surface area contributed by atoms with Crippen molar-refractivity contribution in [2.45, 2.75) is 11.5 Å². The third kappa shape index (κ3) is 4.59.